The number of rotatable bonds is 6. The molecule has 0 atom stereocenters. The lowest BCUT2D eigenvalue weighted by Gasteiger charge is -2.21. The van der Waals surface area contributed by atoms with E-state index in [1.165, 1.54) is 36.5 Å². The lowest BCUT2D eigenvalue weighted by molar-refractivity contribution is -0.385. The van der Waals surface area contributed by atoms with Crippen LogP contribution in [0.5, 0.6) is 11.6 Å². The zero-order valence-electron chi connectivity index (χ0n) is 19.8. The third kappa shape index (κ3) is 5.35. The van der Waals surface area contributed by atoms with E-state index in [0.717, 1.165) is 10.9 Å². The third-order valence-corrected chi connectivity index (χ3v) is 5.64. The fourth-order valence-corrected chi connectivity index (χ4v) is 3.77. The molecule has 0 unspecified atom stereocenters. The number of nitrogens with zero attached hydrogens (tertiary/aromatic N) is 6. The lowest BCUT2D eigenvalue weighted by Crippen LogP contribution is -2.29. The van der Waals surface area contributed by atoms with Gasteiger partial charge in [0.15, 0.2) is 0 Å². The molecule has 0 aliphatic rings. The van der Waals surface area contributed by atoms with Crippen LogP contribution in [0.3, 0.4) is 0 Å². The Bertz CT molecular complexity index is 1630. The summed E-state index contributed by atoms with van der Waals surface area (Å²) in [6.07, 6.45) is 2.24. The van der Waals surface area contributed by atoms with Crippen molar-refractivity contribution in [3.63, 3.8) is 0 Å². The van der Waals surface area contributed by atoms with Crippen LogP contribution in [-0.2, 0) is 5.41 Å². The number of aromatic nitrogens is 3. The first-order valence-corrected chi connectivity index (χ1v) is 11.6. The van der Waals surface area contributed by atoms with Gasteiger partial charge in [0.2, 0.25) is 11.6 Å². The molecule has 12 nitrogen and oxygen atoms in total. The zero-order valence-corrected chi connectivity index (χ0v) is 21.4. The summed E-state index contributed by atoms with van der Waals surface area (Å²) in [5.41, 5.74) is -0.946. The average Bonchev–Trinajstić information content (AvgIpc) is 2.84. The first-order chi connectivity index (χ1) is 17.5. The molecule has 0 fully saturated rings. The Balaban J connectivity index is 1.85. The van der Waals surface area contributed by atoms with Gasteiger partial charge in [-0.05, 0) is 24.3 Å². The Morgan fingerprint density at radius 1 is 1.08 bits per heavy atom. The van der Waals surface area contributed by atoms with Crippen LogP contribution in [0.15, 0.2) is 69.1 Å². The van der Waals surface area contributed by atoms with Gasteiger partial charge in [-0.25, -0.2) is 9.97 Å². The van der Waals surface area contributed by atoms with Gasteiger partial charge < -0.3 is 4.74 Å². The van der Waals surface area contributed by atoms with Gasteiger partial charge in [0.25, 0.3) is 11.2 Å². The number of pyridine rings is 1. The molecule has 0 spiro atoms. The SMILES string of the molecule is CC(C)(C)c1nc2ccc(Br)cc2c(=O)n1N=Cc1cccc([N+](=O)[O-])c1Oc1ccc([N+](=O)[O-])cn1. The predicted octanol–water partition coefficient (Wildman–Crippen LogP) is 5.34. The smallest absolute Gasteiger partial charge is 0.312 e. The molecule has 4 rings (SSSR count). The Hall–Kier alpha value is -4.52. The zero-order chi connectivity index (χ0) is 26.9. The monoisotopic (exact) mass is 566 g/mol. The first-order valence-electron chi connectivity index (χ1n) is 10.8. The Labute approximate surface area is 217 Å². The molecule has 37 heavy (non-hydrogen) atoms. The maximum Gasteiger partial charge on any atom is 0.312 e. The van der Waals surface area contributed by atoms with Crippen molar-refractivity contribution in [1.29, 1.82) is 0 Å². The van der Waals surface area contributed by atoms with Gasteiger partial charge in [-0.1, -0.05) is 42.8 Å². The van der Waals surface area contributed by atoms with Crippen molar-refractivity contribution in [1.82, 2.24) is 14.6 Å². The van der Waals surface area contributed by atoms with E-state index in [1.807, 2.05) is 20.8 Å². The van der Waals surface area contributed by atoms with Crippen LogP contribution >= 0.6 is 15.9 Å². The molecule has 2 heterocycles. The van der Waals surface area contributed by atoms with Gasteiger partial charge in [-0.15, -0.1) is 0 Å². The summed E-state index contributed by atoms with van der Waals surface area (Å²) in [5.74, 6) is 0.0901. The first kappa shape index (κ1) is 25.6. The van der Waals surface area contributed by atoms with E-state index in [9.17, 15) is 25.0 Å². The van der Waals surface area contributed by atoms with Crippen LogP contribution in [0.4, 0.5) is 11.4 Å². The summed E-state index contributed by atoms with van der Waals surface area (Å²) in [6, 6.07) is 11.7. The molecule has 2 aromatic heterocycles. The van der Waals surface area contributed by atoms with Gasteiger partial charge in [0.05, 0.1) is 27.0 Å². The quantitative estimate of drug-likeness (QED) is 0.172. The van der Waals surface area contributed by atoms with Crippen molar-refractivity contribution in [2.75, 3.05) is 0 Å². The summed E-state index contributed by atoms with van der Waals surface area (Å²) < 4.78 is 7.51. The van der Waals surface area contributed by atoms with Gasteiger partial charge in [0, 0.05) is 33.7 Å². The summed E-state index contributed by atoms with van der Waals surface area (Å²) in [6.45, 7) is 5.65. The second-order valence-electron chi connectivity index (χ2n) is 8.87. The summed E-state index contributed by atoms with van der Waals surface area (Å²) in [7, 11) is 0. The van der Waals surface area contributed by atoms with Crippen molar-refractivity contribution in [3.05, 3.63) is 101 Å². The van der Waals surface area contributed by atoms with Crippen LogP contribution in [0.1, 0.15) is 32.2 Å². The minimum atomic E-state index is -0.639. The molecule has 188 valence electrons. The van der Waals surface area contributed by atoms with E-state index >= 15 is 0 Å². The minimum absolute atomic E-state index is 0.0979. The largest absolute Gasteiger partial charge is 0.431 e. The number of fused-ring (bicyclic) bond motifs is 1. The van der Waals surface area contributed by atoms with Crippen LogP contribution in [-0.4, -0.2) is 30.7 Å². The van der Waals surface area contributed by atoms with Crippen LogP contribution in [0, 0.1) is 20.2 Å². The highest BCUT2D eigenvalue weighted by Gasteiger charge is 2.24. The van der Waals surface area contributed by atoms with E-state index in [1.54, 1.807) is 18.2 Å². The van der Waals surface area contributed by atoms with Gasteiger partial charge in [-0.2, -0.15) is 9.78 Å². The Morgan fingerprint density at radius 3 is 2.46 bits per heavy atom. The molecule has 0 aliphatic heterocycles. The fraction of sp³-hybridized carbons (Fsp3) is 0.167. The number of ether oxygens (including phenoxy) is 1. The maximum absolute atomic E-state index is 13.4. The van der Waals surface area contributed by atoms with Crippen molar-refractivity contribution in [2.45, 2.75) is 26.2 Å². The average molecular weight is 567 g/mol. The summed E-state index contributed by atoms with van der Waals surface area (Å²) in [4.78, 5) is 43.2. The van der Waals surface area contributed by atoms with Crippen LogP contribution in [0.25, 0.3) is 10.9 Å². The number of hydrogen-bond donors (Lipinski definition) is 0. The van der Waals surface area contributed by atoms with E-state index < -0.39 is 20.8 Å². The van der Waals surface area contributed by atoms with Crippen molar-refractivity contribution >= 4 is 44.4 Å². The normalized spacial score (nSPS) is 11.7. The predicted molar refractivity (Wildman–Crippen MR) is 139 cm³/mol. The standard InChI is InChI=1S/C24H19BrN6O6/c1-24(2,3)23-28-18-9-7-15(25)11-17(18)22(32)29(23)27-12-14-5-4-6-19(31(35)36)21(14)37-20-10-8-16(13-26-20)30(33)34/h4-13H,1-3H3. The molecule has 0 aliphatic carbocycles. The van der Waals surface area contributed by atoms with Crippen molar-refractivity contribution in [3.8, 4) is 11.6 Å². The lowest BCUT2D eigenvalue weighted by atomic mass is 9.95. The maximum atomic E-state index is 13.4. The molecular weight excluding hydrogens is 548 g/mol. The van der Waals surface area contributed by atoms with E-state index in [4.69, 9.17) is 4.74 Å². The Kier molecular flexibility index (Phi) is 6.81. The van der Waals surface area contributed by atoms with Crippen LogP contribution in [0.2, 0.25) is 0 Å². The molecule has 13 heteroatoms. The van der Waals surface area contributed by atoms with Crippen LogP contribution < -0.4 is 10.3 Å². The molecule has 0 amide bonds. The van der Waals surface area contributed by atoms with E-state index in [2.05, 4.69) is 31.0 Å². The molecule has 2 aromatic carbocycles. The second-order valence-corrected chi connectivity index (χ2v) is 9.79. The van der Waals surface area contributed by atoms with Crippen molar-refractivity contribution < 1.29 is 14.6 Å². The summed E-state index contributed by atoms with van der Waals surface area (Å²) >= 11 is 3.36. The number of nitro benzene ring substituents is 1. The molecule has 0 bridgehead atoms. The summed E-state index contributed by atoms with van der Waals surface area (Å²) in [5, 5.41) is 27.3. The number of benzene rings is 2. The third-order valence-electron chi connectivity index (χ3n) is 5.15. The second kappa shape index (κ2) is 9.85. The highest BCUT2D eigenvalue weighted by Crippen LogP contribution is 2.34. The molecule has 0 saturated heterocycles. The number of nitro groups is 2. The Morgan fingerprint density at radius 2 is 1.84 bits per heavy atom. The van der Waals surface area contributed by atoms with E-state index in [-0.39, 0.29) is 28.6 Å². The molecule has 0 saturated carbocycles. The minimum Gasteiger partial charge on any atom is -0.431 e. The molecule has 4 aromatic rings. The van der Waals surface area contributed by atoms with Crippen molar-refractivity contribution in [2.24, 2.45) is 5.10 Å². The van der Waals surface area contributed by atoms with E-state index in [0.29, 0.717) is 21.2 Å². The number of para-hydroxylation sites is 1. The highest BCUT2D eigenvalue weighted by atomic mass is 79.9. The molecular formula is C24H19BrN6O6. The topological polar surface area (TPSA) is 156 Å². The van der Waals surface area contributed by atoms with Gasteiger partial charge in [0.1, 0.15) is 12.0 Å². The molecule has 0 radical (unpaired) electrons. The highest BCUT2D eigenvalue weighted by molar-refractivity contribution is 9.10. The van der Waals surface area contributed by atoms with Gasteiger partial charge >= 0.3 is 5.69 Å². The molecule has 0 N–H and O–H groups in total. The number of halogens is 1. The number of hydrogen-bond acceptors (Lipinski definition) is 9. The fourth-order valence-electron chi connectivity index (χ4n) is 3.41. The van der Waals surface area contributed by atoms with Gasteiger partial charge in [-0.3, -0.25) is 25.0 Å².